The van der Waals surface area contributed by atoms with Gasteiger partial charge in [-0.25, -0.2) is 4.98 Å². The Morgan fingerprint density at radius 3 is 2.80 bits per heavy atom. The van der Waals surface area contributed by atoms with E-state index in [2.05, 4.69) is 50.8 Å². The minimum Gasteiger partial charge on any atom is -0.334 e. The Morgan fingerprint density at radius 2 is 2.15 bits per heavy atom. The summed E-state index contributed by atoms with van der Waals surface area (Å²) >= 11 is 0. The fourth-order valence-electron chi connectivity index (χ4n) is 4.02. The molecule has 2 rings (SSSR count). The van der Waals surface area contributed by atoms with Gasteiger partial charge in [-0.15, -0.1) is 0 Å². The fourth-order valence-corrected chi connectivity index (χ4v) is 4.02. The number of aryl methyl sites for hydroxylation is 1. The van der Waals surface area contributed by atoms with Crippen molar-refractivity contribution in [1.29, 1.82) is 0 Å². The Kier molecular flexibility index (Phi) is 4.90. The molecule has 1 aliphatic rings. The van der Waals surface area contributed by atoms with E-state index in [4.69, 9.17) is 4.98 Å². The molecule has 114 valence electrons. The predicted octanol–water partition coefficient (Wildman–Crippen LogP) is 3.59. The van der Waals surface area contributed by atoms with Crippen LogP contribution in [0.4, 0.5) is 0 Å². The van der Waals surface area contributed by atoms with Gasteiger partial charge in [0.15, 0.2) is 0 Å². The lowest BCUT2D eigenvalue weighted by molar-refractivity contribution is 0.143. The summed E-state index contributed by atoms with van der Waals surface area (Å²) in [4.78, 5) is 4.70. The summed E-state index contributed by atoms with van der Waals surface area (Å²) in [6, 6.07) is 0.612. The average molecular weight is 277 g/mol. The topological polar surface area (TPSA) is 29.9 Å². The van der Waals surface area contributed by atoms with Crippen molar-refractivity contribution in [2.24, 2.45) is 11.8 Å². The zero-order chi connectivity index (χ0) is 14.8. The molecule has 3 atom stereocenters. The minimum absolute atomic E-state index is 0.131. The summed E-state index contributed by atoms with van der Waals surface area (Å²) in [5.41, 5.74) is 0.131. The van der Waals surface area contributed by atoms with Crippen LogP contribution in [-0.2, 0) is 12.0 Å². The molecule has 20 heavy (non-hydrogen) atoms. The van der Waals surface area contributed by atoms with Gasteiger partial charge in [0.2, 0.25) is 0 Å². The molecule has 1 heterocycles. The summed E-state index contributed by atoms with van der Waals surface area (Å²) in [7, 11) is 2.12. The third kappa shape index (κ3) is 2.93. The lowest BCUT2D eigenvalue weighted by Gasteiger charge is -2.44. The zero-order valence-electron chi connectivity index (χ0n) is 13.8. The van der Waals surface area contributed by atoms with E-state index in [1.54, 1.807) is 0 Å². The Balaban J connectivity index is 2.25. The first kappa shape index (κ1) is 15.6. The van der Waals surface area contributed by atoms with E-state index in [9.17, 15) is 0 Å². The number of hydrogen-bond acceptors (Lipinski definition) is 2. The molecule has 0 aromatic carbocycles. The Labute approximate surface area is 124 Å². The second kappa shape index (κ2) is 6.30. The summed E-state index contributed by atoms with van der Waals surface area (Å²) in [6.45, 7) is 10.5. The second-order valence-electron chi connectivity index (χ2n) is 7.09. The molecular formula is C17H31N3. The van der Waals surface area contributed by atoms with Crippen LogP contribution in [0, 0.1) is 11.8 Å². The molecule has 1 aromatic rings. The lowest BCUT2D eigenvalue weighted by atomic mass is 9.66. The summed E-state index contributed by atoms with van der Waals surface area (Å²) in [5, 5.41) is 3.57. The molecule has 3 unspecified atom stereocenters. The molecule has 0 amide bonds. The van der Waals surface area contributed by atoms with Gasteiger partial charge >= 0.3 is 0 Å². The zero-order valence-corrected chi connectivity index (χ0v) is 13.8. The highest BCUT2D eigenvalue weighted by Crippen LogP contribution is 2.41. The van der Waals surface area contributed by atoms with Crippen LogP contribution in [0.25, 0.3) is 0 Å². The van der Waals surface area contributed by atoms with Gasteiger partial charge in [0.05, 0.1) is 0 Å². The molecule has 1 aromatic heterocycles. The molecule has 1 N–H and O–H groups in total. The van der Waals surface area contributed by atoms with Crippen LogP contribution in [0.1, 0.15) is 59.2 Å². The lowest BCUT2D eigenvalue weighted by Crippen LogP contribution is -2.48. The fraction of sp³-hybridized carbons (Fsp3) is 0.824. The molecule has 1 fully saturated rings. The smallest absolute Gasteiger partial charge is 0.114 e. The number of imidazole rings is 1. The standard InChI is InChI=1S/C17H31N3/c1-6-10-20-11-9-19-16(20)17(3,4)14-8-7-13(2)12-15(14)18-5/h9,11,13-15,18H,6-8,10,12H2,1-5H3. The van der Waals surface area contributed by atoms with E-state index in [0.29, 0.717) is 12.0 Å². The Bertz CT molecular complexity index is 422. The predicted molar refractivity (Wildman–Crippen MR) is 84.9 cm³/mol. The van der Waals surface area contributed by atoms with Crippen molar-refractivity contribution in [3.05, 3.63) is 18.2 Å². The van der Waals surface area contributed by atoms with Gasteiger partial charge in [-0.2, -0.15) is 0 Å². The molecular weight excluding hydrogens is 246 g/mol. The monoisotopic (exact) mass is 277 g/mol. The van der Waals surface area contributed by atoms with Crippen molar-refractivity contribution in [2.75, 3.05) is 7.05 Å². The van der Waals surface area contributed by atoms with Crippen molar-refractivity contribution in [2.45, 2.75) is 71.4 Å². The molecule has 1 saturated carbocycles. The SMILES string of the molecule is CCCn1ccnc1C(C)(C)C1CCC(C)CC1NC. The summed E-state index contributed by atoms with van der Waals surface area (Å²) in [6.07, 6.45) is 9.21. The minimum atomic E-state index is 0.131. The first-order valence-corrected chi connectivity index (χ1v) is 8.19. The van der Waals surface area contributed by atoms with Crippen molar-refractivity contribution in [1.82, 2.24) is 14.9 Å². The maximum atomic E-state index is 4.70. The van der Waals surface area contributed by atoms with Crippen LogP contribution in [0.3, 0.4) is 0 Å². The van der Waals surface area contributed by atoms with Crippen molar-refractivity contribution in [3.8, 4) is 0 Å². The molecule has 3 heteroatoms. The van der Waals surface area contributed by atoms with Crippen LogP contribution < -0.4 is 5.32 Å². The van der Waals surface area contributed by atoms with Crippen LogP contribution in [0.5, 0.6) is 0 Å². The molecule has 0 bridgehead atoms. The van der Waals surface area contributed by atoms with E-state index in [1.165, 1.54) is 25.1 Å². The average Bonchev–Trinajstić information content (AvgIpc) is 2.87. The van der Waals surface area contributed by atoms with Gasteiger partial charge in [-0.1, -0.05) is 34.1 Å². The Morgan fingerprint density at radius 1 is 1.40 bits per heavy atom. The van der Waals surface area contributed by atoms with Crippen LogP contribution in [-0.4, -0.2) is 22.6 Å². The van der Waals surface area contributed by atoms with E-state index in [0.717, 1.165) is 18.9 Å². The molecule has 0 saturated heterocycles. The molecule has 0 aliphatic heterocycles. The molecule has 0 spiro atoms. The van der Waals surface area contributed by atoms with Gasteiger partial charge in [0.25, 0.3) is 0 Å². The highest BCUT2D eigenvalue weighted by Gasteiger charge is 2.41. The van der Waals surface area contributed by atoms with E-state index in [-0.39, 0.29) is 5.41 Å². The number of nitrogens with one attached hydrogen (secondary N) is 1. The van der Waals surface area contributed by atoms with Gasteiger partial charge in [0, 0.05) is 30.4 Å². The van der Waals surface area contributed by atoms with Crippen LogP contribution in [0.15, 0.2) is 12.4 Å². The number of hydrogen-bond donors (Lipinski definition) is 1. The van der Waals surface area contributed by atoms with Gasteiger partial charge < -0.3 is 9.88 Å². The van der Waals surface area contributed by atoms with Crippen LogP contribution >= 0.6 is 0 Å². The van der Waals surface area contributed by atoms with Gasteiger partial charge in [-0.05, 0) is 38.1 Å². The first-order chi connectivity index (χ1) is 9.50. The maximum Gasteiger partial charge on any atom is 0.114 e. The first-order valence-electron chi connectivity index (χ1n) is 8.19. The third-order valence-corrected chi connectivity index (χ3v) is 5.17. The molecule has 1 aliphatic carbocycles. The maximum absolute atomic E-state index is 4.70. The summed E-state index contributed by atoms with van der Waals surface area (Å²) < 4.78 is 2.35. The second-order valence-corrected chi connectivity index (χ2v) is 7.09. The van der Waals surface area contributed by atoms with E-state index < -0.39 is 0 Å². The van der Waals surface area contributed by atoms with Gasteiger partial charge in [-0.3, -0.25) is 0 Å². The Hall–Kier alpha value is -0.830. The highest BCUT2D eigenvalue weighted by atomic mass is 15.1. The van der Waals surface area contributed by atoms with E-state index >= 15 is 0 Å². The van der Waals surface area contributed by atoms with Crippen molar-refractivity contribution >= 4 is 0 Å². The number of nitrogens with zero attached hydrogens (tertiary/aromatic N) is 2. The van der Waals surface area contributed by atoms with Gasteiger partial charge in [0.1, 0.15) is 5.82 Å². The summed E-state index contributed by atoms with van der Waals surface area (Å²) in [5.74, 6) is 2.77. The molecule has 3 nitrogen and oxygen atoms in total. The third-order valence-electron chi connectivity index (χ3n) is 5.17. The molecule has 0 radical (unpaired) electrons. The largest absolute Gasteiger partial charge is 0.334 e. The number of aromatic nitrogens is 2. The van der Waals surface area contributed by atoms with E-state index in [1.807, 2.05) is 6.20 Å². The van der Waals surface area contributed by atoms with Crippen molar-refractivity contribution < 1.29 is 0 Å². The van der Waals surface area contributed by atoms with Crippen LogP contribution in [0.2, 0.25) is 0 Å². The van der Waals surface area contributed by atoms with Crippen molar-refractivity contribution in [3.63, 3.8) is 0 Å². The normalized spacial score (nSPS) is 27.8. The quantitative estimate of drug-likeness (QED) is 0.891. The number of rotatable bonds is 5. The highest BCUT2D eigenvalue weighted by molar-refractivity contribution is 5.12.